The Morgan fingerprint density at radius 1 is 1.24 bits per heavy atom. The molecule has 0 aliphatic carbocycles. The highest BCUT2D eigenvalue weighted by atomic mass is 79.9. The van der Waals surface area contributed by atoms with Crippen molar-refractivity contribution in [1.29, 1.82) is 0 Å². The first-order valence-corrected chi connectivity index (χ1v) is 7.30. The Bertz CT molecular complexity index is 836. The summed E-state index contributed by atoms with van der Waals surface area (Å²) in [6, 6.07) is 11.4. The van der Waals surface area contributed by atoms with Crippen molar-refractivity contribution >= 4 is 15.9 Å². The van der Waals surface area contributed by atoms with Crippen LogP contribution in [0.25, 0.3) is 11.3 Å². The first-order chi connectivity index (χ1) is 10.1. The van der Waals surface area contributed by atoms with Gasteiger partial charge in [0.1, 0.15) is 6.54 Å². The highest BCUT2D eigenvalue weighted by Crippen LogP contribution is 2.28. The molecule has 0 amide bonds. The summed E-state index contributed by atoms with van der Waals surface area (Å²) in [6.45, 7) is 2.12. The van der Waals surface area contributed by atoms with Gasteiger partial charge in [0.2, 0.25) is 5.89 Å². The number of hydrogen-bond donors (Lipinski definition) is 0. The maximum Gasteiger partial charge on any atom is 0.253 e. The summed E-state index contributed by atoms with van der Waals surface area (Å²) in [7, 11) is 0. The minimum absolute atomic E-state index is 0.0295. The molecule has 3 aromatic rings. The summed E-state index contributed by atoms with van der Waals surface area (Å²) in [5.74, 6) is 1.19. The number of halogens is 1. The number of aryl methyl sites for hydroxylation is 1. The van der Waals surface area contributed by atoms with E-state index in [-0.39, 0.29) is 5.56 Å². The van der Waals surface area contributed by atoms with Crippen LogP contribution < -0.4 is 5.56 Å². The van der Waals surface area contributed by atoms with E-state index in [9.17, 15) is 4.79 Å². The topological polar surface area (TPSA) is 48.0 Å². The van der Waals surface area contributed by atoms with E-state index in [1.165, 1.54) is 0 Å². The fourth-order valence-electron chi connectivity index (χ4n) is 2.10. The molecule has 0 N–H and O–H groups in total. The van der Waals surface area contributed by atoms with Crippen molar-refractivity contribution in [3.8, 4) is 11.3 Å². The van der Waals surface area contributed by atoms with Crippen molar-refractivity contribution < 1.29 is 4.42 Å². The fourth-order valence-corrected chi connectivity index (χ4v) is 2.58. The van der Waals surface area contributed by atoms with Gasteiger partial charge in [-0.3, -0.25) is 4.79 Å². The lowest BCUT2D eigenvalue weighted by molar-refractivity contribution is 0.484. The largest absolute Gasteiger partial charge is 0.439 e. The van der Waals surface area contributed by atoms with Crippen molar-refractivity contribution in [3.05, 3.63) is 75.1 Å². The molecule has 1 aromatic carbocycles. The van der Waals surface area contributed by atoms with Gasteiger partial charge in [-0.25, -0.2) is 4.98 Å². The van der Waals surface area contributed by atoms with Gasteiger partial charge in [0.05, 0.1) is 6.20 Å². The molecule has 0 aliphatic heterocycles. The summed E-state index contributed by atoms with van der Waals surface area (Å²) in [5, 5.41) is 0. The van der Waals surface area contributed by atoms with Gasteiger partial charge in [-0.2, -0.15) is 0 Å². The lowest BCUT2D eigenvalue weighted by Crippen LogP contribution is -2.21. The smallest absolute Gasteiger partial charge is 0.253 e. The van der Waals surface area contributed by atoms with E-state index in [0.717, 1.165) is 10.0 Å². The molecule has 0 fully saturated rings. The van der Waals surface area contributed by atoms with Crippen LogP contribution in [0.1, 0.15) is 11.5 Å². The highest BCUT2D eigenvalue weighted by molar-refractivity contribution is 9.10. The average Bonchev–Trinajstić information content (AvgIpc) is 2.93. The summed E-state index contributed by atoms with van der Waals surface area (Å²) >= 11 is 3.49. The van der Waals surface area contributed by atoms with Gasteiger partial charge in [-0.05, 0) is 19.1 Å². The molecule has 106 valence electrons. The molecule has 0 atom stereocenters. The van der Waals surface area contributed by atoms with Crippen molar-refractivity contribution in [3.63, 3.8) is 0 Å². The molecule has 0 saturated heterocycles. The van der Waals surface area contributed by atoms with Crippen LogP contribution in [0.5, 0.6) is 0 Å². The highest BCUT2D eigenvalue weighted by Gasteiger charge is 2.10. The lowest BCUT2D eigenvalue weighted by Gasteiger charge is -2.03. The third-order valence-corrected chi connectivity index (χ3v) is 3.90. The van der Waals surface area contributed by atoms with Crippen LogP contribution in [0.15, 0.2) is 62.5 Å². The second kappa shape index (κ2) is 5.69. The molecule has 4 nitrogen and oxygen atoms in total. The molecule has 0 spiro atoms. The Labute approximate surface area is 130 Å². The molecule has 0 radical (unpaired) electrons. The number of nitrogens with zero attached hydrogens (tertiary/aromatic N) is 2. The second-order valence-electron chi connectivity index (χ2n) is 4.72. The number of pyridine rings is 1. The Morgan fingerprint density at radius 3 is 2.86 bits per heavy atom. The third kappa shape index (κ3) is 2.83. The monoisotopic (exact) mass is 344 g/mol. The van der Waals surface area contributed by atoms with E-state index in [1.807, 2.05) is 30.3 Å². The molecule has 0 bridgehead atoms. The fraction of sp³-hybridized carbons (Fsp3) is 0.125. The zero-order valence-corrected chi connectivity index (χ0v) is 13.0. The third-order valence-electron chi connectivity index (χ3n) is 3.21. The quantitative estimate of drug-likeness (QED) is 0.728. The van der Waals surface area contributed by atoms with Crippen molar-refractivity contribution in [1.82, 2.24) is 9.55 Å². The van der Waals surface area contributed by atoms with Gasteiger partial charge in [0, 0.05) is 21.8 Å². The maximum absolute atomic E-state index is 12.0. The lowest BCUT2D eigenvalue weighted by atomic mass is 10.2. The minimum Gasteiger partial charge on any atom is -0.439 e. The molecular formula is C16H13BrN2O2. The predicted molar refractivity (Wildman–Crippen MR) is 84.2 cm³/mol. The molecule has 0 aliphatic rings. The molecule has 5 heteroatoms. The van der Waals surface area contributed by atoms with Crippen molar-refractivity contribution in [2.75, 3.05) is 0 Å². The van der Waals surface area contributed by atoms with Crippen LogP contribution in [0.3, 0.4) is 0 Å². The molecule has 21 heavy (non-hydrogen) atoms. The summed E-state index contributed by atoms with van der Waals surface area (Å²) in [6.07, 6.45) is 3.41. The Balaban J connectivity index is 1.91. The van der Waals surface area contributed by atoms with Crippen LogP contribution >= 0.6 is 15.9 Å². The second-order valence-corrected chi connectivity index (χ2v) is 5.58. The summed E-state index contributed by atoms with van der Waals surface area (Å²) in [4.78, 5) is 16.2. The van der Waals surface area contributed by atoms with E-state index in [0.29, 0.717) is 23.8 Å². The normalized spacial score (nSPS) is 10.8. The van der Waals surface area contributed by atoms with Crippen LogP contribution in [0, 0.1) is 6.92 Å². The van der Waals surface area contributed by atoms with Crippen LogP contribution in [-0.4, -0.2) is 9.55 Å². The molecular weight excluding hydrogens is 332 g/mol. The zero-order chi connectivity index (χ0) is 14.8. The van der Waals surface area contributed by atoms with E-state index in [4.69, 9.17) is 4.42 Å². The maximum atomic E-state index is 12.0. The number of oxazole rings is 1. The zero-order valence-electron chi connectivity index (χ0n) is 11.4. The van der Waals surface area contributed by atoms with Crippen LogP contribution in [0.4, 0.5) is 0 Å². The van der Waals surface area contributed by atoms with Gasteiger partial charge in [-0.1, -0.05) is 40.2 Å². The Morgan fingerprint density at radius 2 is 2.05 bits per heavy atom. The number of aromatic nitrogens is 2. The van der Waals surface area contributed by atoms with Gasteiger partial charge >= 0.3 is 0 Å². The van der Waals surface area contributed by atoms with Gasteiger partial charge in [-0.15, -0.1) is 0 Å². The average molecular weight is 345 g/mol. The Kier molecular flexibility index (Phi) is 3.75. The van der Waals surface area contributed by atoms with E-state index in [2.05, 4.69) is 20.9 Å². The molecule has 2 aromatic heterocycles. The van der Waals surface area contributed by atoms with Gasteiger partial charge < -0.3 is 8.98 Å². The van der Waals surface area contributed by atoms with E-state index >= 15 is 0 Å². The predicted octanol–water partition coefficient (Wildman–Crippen LogP) is 3.62. The first-order valence-electron chi connectivity index (χ1n) is 6.51. The molecule has 2 heterocycles. The number of rotatable bonds is 3. The molecule has 3 rings (SSSR count). The number of hydrogen-bond acceptors (Lipinski definition) is 3. The van der Waals surface area contributed by atoms with E-state index < -0.39 is 0 Å². The molecule has 0 saturated carbocycles. The number of benzene rings is 1. The van der Waals surface area contributed by atoms with Crippen LogP contribution in [-0.2, 0) is 6.54 Å². The molecule has 0 unspecified atom stereocenters. The van der Waals surface area contributed by atoms with Gasteiger partial charge in [0.25, 0.3) is 5.56 Å². The summed E-state index contributed by atoms with van der Waals surface area (Å²) in [5.41, 5.74) is 1.61. The van der Waals surface area contributed by atoms with Crippen LogP contribution in [0.2, 0.25) is 0 Å². The first kappa shape index (κ1) is 13.8. The van der Waals surface area contributed by atoms with Crippen molar-refractivity contribution in [2.45, 2.75) is 13.5 Å². The van der Waals surface area contributed by atoms with Gasteiger partial charge in [0.15, 0.2) is 5.76 Å². The van der Waals surface area contributed by atoms with E-state index in [1.54, 1.807) is 30.0 Å². The summed E-state index contributed by atoms with van der Waals surface area (Å²) < 4.78 is 8.28. The van der Waals surface area contributed by atoms with Crippen molar-refractivity contribution in [2.24, 2.45) is 0 Å². The standard InChI is InChI=1S/C16H13BrN2O2/c1-11-5-4-8-19(16(11)20)10-15-18-9-14(21-15)12-6-2-3-7-13(12)17/h2-9H,10H2,1H3. The Hall–Kier alpha value is -2.14. The minimum atomic E-state index is -0.0295. The SMILES string of the molecule is Cc1cccn(Cc2ncc(-c3ccccc3Br)o2)c1=O.